The number of benzene rings is 2. The zero-order valence-corrected chi connectivity index (χ0v) is 40.5. The van der Waals surface area contributed by atoms with Gasteiger partial charge in [-0.25, -0.2) is 14.6 Å². The molecule has 15 N–H and O–H groups in total. The van der Waals surface area contributed by atoms with E-state index in [-0.39, 0.29) is 62.0 Å². The highest BCUT2D eigenvalue weighted by Crippen LogP contribution is 2.22. The van der Waals surface area contributed by atoms with Gasteiger partial charge in [-0.2, -0.15) is 0 Å². The van der Waals surface area contributed by atoms with Crippen molar-refractivity contribution in [1.82, 2.24) is 36.6 Å². The fourth-order valence-electron chi connectivity index (χ4n) is 6.43. The van der Waals surface area contributed by atoms with Crippen molar-refractivity contribution in [3.05, 3.63) is 63.9 Å². The molecule has 74 heavy (non-hydrogen) atoms. The van der Waals surface area contributed by atoms with E-state index >= 15 is 0 Å². The first-order valence-corrected chi connectivity index (χ1v) is 24.3. The number of nitrogen functional groups attached to an aromatic ring is 1. The predicted octanol–water partition coefficient (Wildman–Crippen LogP) is -2.17. The summed E-state index contributed by atoms with van der Waals surface area (Å²) in [5.41, 5.74) is 12.4. The van der Waals surface area contributed by atoms with Gasteiger partial charge in [-0.15, -0.1) is 6.42 Å². The van der Waals surface area contributed by atoms with Gasteiger partial charge in [0, 0.05) is 48.7 Å². The van der Waals surface area contributed by atoms with Crippen LogP contribution in [-0.4, -0.2) is 162 Å². The maximum atomic E-state index is 13.1. The quantitative estimate of drug-likeness (QED) is 0.0137. The number of nitrogens with zero attached hydrogens (tertiary/aromatic N) is 2. The Morgan fingerprint density at radius 3 is 1.78 bits per heavy atom. The molecule has 30 heteroatoms. The molecule has 0 radical (unpaired) electrons. The first-order valence-electron chi connectivity index (χ1n) is 21.8. The molecular weight excluding hydrogens is 1020 g/mol. The molecule has 0 aliphatic heterocycles. The number of H-pyrrole nitrogens is 1. The van der Waals surface area contributed by atoms with Crippen molar-refractivity contribution in [2.24, 2.45) is 5.73 Å². The second-order valence-electron chi connectivity index (χ2n) is 15.6. The van der Waals surface area contributed by atoms with E-state index in [2.05, 4.69) is 26.5 Å². The molecule has 1 aromatic heterocycles. The number of aromatic nitrogens is 2. The minimum Gasteiger partial charge on any atom is -0.481 e. The molecule has 0 bridgehead atoms. The van der Waals surface area contributed by atoms with E-state index in [0.717, 1.165) is 27.2 Å². The molecule has 5 atom stereocenters. The molecule has 28 nitrogen and oxygen atoms in total. The molecule has 5 amide bonds. The molecule has 3 rings (SSSR count). The molecule has 0 aliphatic carbocycles. The second kappa shape index (κ2) is 29.8. The van der Waals surface area contributed by atoms with Gasteiger partial charge in [-0.3, -0.25) is 52.9 Å². The molecular formula is C44H52N10O18S2. The van der Waals surface area contributed by atoms with Crippen molar-refractivity contribution < 1.29 is 83.0 Å². The van der Waals surface area contributed by atoms with Gasteiger partial charge in [0.05, 0.1) is 36.7 Å². The molecule has 0 saturated heterocycles. The number of nitrogens with two attached hydrogens (primary N) is 2. The lowest BCUT2D eigenvalue weighted by atomic mass is 10.1. The Morgan fingerprint density at radius 2 is 1.26 bits per heavy atom. The van der Waals surface area contributed by atoms with Crippen molar-refractivity contribution in [2.75, 3.05) is 41.8 Å². The van der Waals surface area contributed by atoms with Crippen LogP contribution in [0.25, 0.3) is 10.9 Å². The summed E-state index contributed by atoms with van der Waals surface area (Å²) in [7, 11) is 2.27. The van der Waals surface area contributed by atoms with E-state index in [1.54, 1.807) is 30.3 Å². The molecule has 1 unspecified atom stereocenters. The van der Waals surface area contributed by atoms with Crippen molar-refractivity contribution >= 4 is 109 Å². The van der Waals surface area contributed by atoms with E-state index in [1.807, 2.05) is 20.9 Å². The minimum atomic E-state index is -2.05. The third-order valence-electron chi connectivity index (χ3n) is 10.0. The van der Waals surface area contributed by atoms with Crippen LogP contribution in [-0.2, 0) is 59.2 Å². The summed E-state index contributed by atoms with van der Waals surface area (Å²) in [6.07, 6.45) is 1.30. The number of carboxylic acid groups (broad SMARTS) is 5. The Kier molecular flexibility index (Phi) is 24.1. The summed E-state index contributed by atoms with van der Waals surface area (Å²) in [5.74, 6) is -11.5. The lowest BCUT2D eigenvalue weighted by Gasteiger charge is -2.24. The molecule has 0 saturated carbocycles. The number of carbonyl (C=O) groups excluding carboxylic acids is 6. The number of carboxylic acids is 5. The predicted molar refractivity (Wildman–Crippen MR) is 263 cm³/mol. The number of anilines is 2. The van der Waals surface area contributed by atoms with Crippen LogP contribution in [0.1, 0.15) is 54.4 Å². The molecule has 2 aromatic carbocycles. The van der Waals surface area contributed by atoms with Crippen molar-refractivity contribution in [3.63, 3.8) is 0 Å². The van der Waals surface area contributed by atoms with Crippen LogP contribution in [0.2, 0.25) is 0 Å². The number of fused-ring (bicyclic) bond motifs is 1. The summed E-state index contributed by atoms with van der Waals surface area (Å²) < 4.78 is 5.15. The van der Waals surface area contributed by atoms with Gasteiger partial charge in [0.25, 0.3) is 11.5 Å². The van der Waals surface area contributed by atoms with Crippen molar-refractivity contribution in [3.8, 4) is 12.3 Å². The summed E-state index contributed by atoms with van der Waals surface area (Å²) in [4.78, 5) is 155. The van der Waals surface area contributed by atoms with Gasteiger partial charge in [0.15, 0.2) is 0 Å². The van der Waals surface area contributed by atoms with Crippen LogP contribution in [0.3, 0.4) is 0 Å². The number of hydrogen-bond donors (Lipinski definition) is 13. The molecule has 3 aromatic rings. The number of rotatable bonds is 32. The van der Waals surface area contributed by atoms with Gasteiger partial charge in [0.1, 0.15) is 36.8 Å². The standard InChI is InChI=1S/C44H52N10O18S2/c1-2-12-54(21-22-3-8-26-25(16-22)38(64)53-44(46)52-26)24-6-4-23(5-7-24)37(63)48-27(42(68)69)9-10-36(62)72-13-15-74-73-14-11-32(55)47-28(17-33(56)57)39(65)49-29(18-34(58)59)40(66)50-30(19-35(60)61)41(67)51-31(20-45)43(70)71/h1,3-8,16,27-31H,9-15,17-21,45H2,(H,47,55)(H,48,63)(H,49,65)(H,50,66)(H,51,67)(H,56,57)(H,58,59)(H,60,61)(H,68,69)(H,70,71)(H3,46,52,53,64)/t27?,28-,29-,30-,31-/m0/s1. The van der Waals surface area contributed by atoms with Crippen LogP contribution in [0, 0.1) is 12.3 Å². The smallest absolute Gasteiger partial charge is 0.327 e. The lowest BCUT2D eigenvalue weighted by molar-refractivity contribution is -0.145. The Hall–Kier alpha value is -8.43. The van der Waals surface area contributed by atoms with Crippen molar-refractivity contribution in [1.29, 1.82) is 0 Å². The number of hydrogen-bond acceptors (Lipinski definition) is 19. The Balaban J connectivity index is 1.44. The monoisotopic (exact) mass is 1070 g/mol. The first-order chi connectivity index (χ1) is 35.0. The second-order valence-corrected chi connectivity index (χ2v) is 18.3. The number of aliphatic carboxylic acids is 5. The largest absolute Gasteiger partial charge is 0.481 e. The minimum absolute atomic E-state index is 0.0173. The van der Waals surface area contributed by atoms with E-state index in [4.69, 9.17) is 27.7 Å². The maximum Gasteiger partial charge on any atom is 0.327 e. The molecule has 0 spiro atoms. The average molecular weight is 1070 g/mol. The third-order valence-corrected chi connectivity index (χ3v) is 12.4. The van der Waals surface area contributed by atoms with Gasteiger partial charge < -0.3 is 73.2 Å². The average Bonchev–Trinajstić information content (AvgIpc) is 3.32. The van der Waals surface area contributed by atoms with E-state index in [9.17, 15) is 78.0 Å². The summed E-state index contributed by atoms with van der Waals surface area (Å²) in [5, 5.41) is 57.5. The first kappa shape index (κ1) is 59.9. The van der Waals surface area contributed by atoms with Crippen LogP contribution in [0.4, 0.5) is 11.6 Å². The van der Waals surface area contributed by atoms with Crippen molar-refractivity contribution in [2.45, 2.75) is 75.3 Å². The highest BCUT2D eigenvalue weighted by Gasteiger charge is 2.34. The normalized spacial score (nSPS) is 12.8. The Bertz CT molecular complexity index is 2680. The Morgan fingerprint density at radius 1 is 0.716 bits per heavy atom. The number of carbonyl (C=O) groups is 11. The van der Waals surface area contributed by atoms with E-state index < -0.39 is 127 Å². The fraction of sp³-hybridized carbons (Fsp3) is 0.386. The van der Waals surface area contributed by atoms with Crippen LogP contribution in [0.15, 0.2) is 47.3 Å². The zero-order chi connectivity index (χ0) is 55.1. The number of terminal acetylenes is 1. The van der Waals surface area contributed by atoms with E-state index in [1.165, 1.54) is 12.1 Å². The Labute approximate surface area is 426 Å². The summed E-state index contributed by atoms with van der Waals surface area (Å²) in [6.45, 7) is -0.309. The zero-order valence-electron chi connectivity index (χ0n) is 38.9. The molecule has 0 fully saturated rings. The number of esters is 1. The summed E-state index contributed by atoms with van der Waals surface area (Å²) in [6, 6.07) is 2.18. The highest BCUT2D eigenvalue weighted by atomic mass is 33.1. The van der Waals surface area contributed by atoms with Crippen LogP contribution >= 0.6 is 21.6 Å². The SMILES string of the molecule is C#CCN(Cc1ccc2nc(N)[nH]c(=O)c2c1)c1ccc(C(=O)NC(CCC(=O)OCCSSCCC(=O)N[C@@H](CC(=O)O)C(=O)N[C@@H](CC(=O)O)C(=O)N[C@@H](CC(=O)O)C(=O)N[C@@H](CN)C(=O)O)C(=O)O)cc1. The lowest BCUT2D eigenvalue weighted by Crippen LogP contribution is -2.59. The molecule has 1 heterocycles. The molecule has 0 aliphatic rings. The van der Waals surface area contributed by atoms with Gasteiger partial charge in [-0.1, -0.05) is 33.6 Å². The summed E-state index contributed by atoms with van der Waals surface area (Å²) >= 11 is 0. The number of aromatic amines is 1. The topological polar surface area (TPSA) is 459 Å². The fourth-order valence-corrected chi connectivity index (χ4v) is 8.24. The van der Waals surface area contributed by atoms with Crippen LogP contribution in [0.5, 0.6) is 0 Å². The number of nitrogens with one attached hydrogen (secondary N) is 6. The van der Waals surface area contributed by atoms with E-state index in [0.29, 0.717) is 16.6 Å². The highest BCUT2D eigenvalue weighted by molar-refractivity contribution is 8.76. The maximum absolute atomic E-state index is 13.1. The van der Waals surface area contributed by atoms with Gasteiger partial charge >= 0.3 is 35.8 Å². The third kappa shape index (κ3) is 20.4. The number of ether oxygens (including phenoxy) is 1. The van der Waals surface area contributed by atoms with Gasteiger partial charge in [0.2, 0.25) is 29.6 Å². The number of amides is 5. The van der Waals surface area contributed by atoms with Gasteiger partial charge in [-0.05, 0) is 48.4 Å². The van der Waals surface area contributed by atoms with Crippen LogP contribution < -0.4 is 48.5 Å². The molecule has 398 valence electrons.